The zero-order valence-corrected chi connectivity index (χ0v) is 12.6. The van der Waals surface area contributed by atoms with Crippen molar-refractivity contribution in [1.29, 1.82) is 0 Å². The van der Waals surface area contributed by atoms with Gasteiger partial charge in [0.05, 0.1) is 5.69 Å². The summed E-state index contributed by atoms with van der Waals surface area (Å²) in [6.45, 7) is 4.13. The quantitative estimate of drug-likeness (QED) is 0.794. The number of ketones is 2. The maximum absolute atomic E-state index is 12.3. The van der Waals surface area contributed by atoms with Gasteiger partial charge < -0.3 is 4.90 Å². The molecule has 0 aliphatic heterocycles. The number of pyridine rings is 1. The van der Waals surface area contributed by atoms with Gasteiger partial charge in [-0.1, -0.05) is 13.8 Å². The highest BCUT2D eigenvalue weighted by Crippen LogP contribution is 2.34. The Hall–Kier alpha value is -1.71. The summed E-state index contributed by atoms with van der Waals surface area (Å²) < 4.78 is 0. The number of hydrogen-bond acceptors (Lipinski definition) is 4. The van der Waals surface area contributed by atoms with Crippen LogP contribution in [0.1, 0.15) is 38.3 Å². The third-order valence-electron chi connectivity index (χ3n) is 4.09. The van der Waals surface area contributed by atoms with Gasteiger partial charge in [0, 0.05) is 38.8 Å². The standard InChI is InChI=1S/C16H22N2O2/c1-10(2)11-7-14(19)16(15(20)8-11)13-9-12(18(3)4)5-6-17-13/h5-6,9-11,16H,7-8H2,1-4H3. The minimum atomic E-state index is -0.662. The lowest BCUT2D eigenvalue weighted by molar-refractivity contribution is -0.134. The highest BCUT2D eigenvalue weighted by atomic mass is 16.2. The fourth-order valence-corrected chi connectivity index (χ4v) is 2.68. The number of nitrogens with zero attached hydrogens (tertiary/aromatic N) is 2. The number of anilines is 1. The van der Waals surface area contributed by atoms with Crippen LogP contribution in [-0.2, 0) is 9.59 Å². The van der Waals surface area contributed by atoms with E-state index in [0.717, 1.165) is 5.69 Å². The van der Waals surface area contributed by atoms with Crippen molar-refractivity contribution in [3.63, 3.8) is 0 Å². The zero-order valence-electron chi connectivity index (χ0n) is 12.6. The van der Waals surface area contributed by atoms with E-state index in [1.807, 2.05) is 31.1 Å². The Bertz CT molecular complexity index is 505. The van der Waals surface area contributed by atoms with Crippen LogP contribution in [-0.4, -0.2) is 30.6 Å². The van der Waals surface area contributed by atoms with Gasteiger partial charge in [-0.25, -0.2) is 0 Å². The maximum Gasteiger partial charge on any atom is 0.149 e. The van der Waals surface area contributed by atoms with Crippen molar-refractivity contribution in [1.82, 2.24) is 4.98 Å². The molecule has 0 unspecified atom stereocenters. The largest absolute Gasteiger partial charge is 0.378 e. The van der Waals surface area contributed by atoms with Crippen LogP contribution in [0.25, 0.3) is 0 Å². The molecule has 0 spiro atoms. The molecule has 2 rings (SSSR count). The van der Waals surface area contributed by atoms with E-state index in [0.29, 0.717) is 24.5 Å². The van der Waals surface area contributed by atoms with Crippen LogP contribution in [0.5, 0.6) is 0 Å². The van der Waals surface area contributed by atoms with Crippen LogP contribution in [0.15, 0.2) is 18.3 Å². The lowest BCUT2D eigenvalue weighted by Crippen LogP contribution is -2.34. The first-order chi connectivity index (χ1) is 9.40. The highest BCUT2D eigenvalue weighted by Gasteiger charge is 2.38. The molecule has 4 nitrogen and oxygen atoms in total. The van der Waals surface area contributed by atoms with Crippen molar-refractivity contribution in [2.45, 2.75) is 32.6 Å². The van der Waals surface area contributed by atoms with E-state index in [4.69, 9.17) is 0 Å². The second kappa shape index (κ2) is 5.73. The van der Waals surface area contributed by atoms with Crippen LogP contribution in [0.4, 0.5) is 5.69 Å². The van der Waals surface area contributed by atoms with E-state index in [1.165, 1.54) is 0 Å². The molecule has 1 aliphatic carbocycles. The van der Waals surface area contributed by atoms with E-state index in [1.54, 1.807) is 6.20 Å². The van der Waals surface area contributed by atoms with Gasteiger partial charge in [-0.15, -0.1) is 0 Å². The molecule has 1 aliphatic rings. The van der Waals surface area contributed by atoms with Gasteiger partial charge in [0.25, 0.3) is 0 Å². The average molecular weight is 274 g/mol. The summed E-state index contributed by atoms with van der Waals surface area (Å²) in [5, 5.41) is 0. The van der Waals surface area contributed by atoms with E-state index in [9.17, 15) is 9.59 Å². The Morgan fingerprint density at radius 2 is 1.80 bits per heavy atom. The second-order valence-corrected chi connectivity index (χ2v) is 6.11. The number of hydrogen-bond donors (Lipinski definition) is 0. The van der Waals surface area contributed by atoms with Crippen LogP contribution < -0.4 is 4.90 Å². The molecule has 1 saturated carbocycles. The lowest BCUT2D eigenvalue weighted by Gasteiger charge is -2.28. The number of aromatic nitrogens is 1. The molecule has 0 aromatic carbocycles. The first kappa shape index (κ1) is 14.7. The Morgan fingerprint density at radius 1 is 1.20 bits per heavy atom. The first-order valence-electron chi connectivity index (χ1n) is 7.09. The molecule has 0 bridgehead atoms. The second-order valence-electron chi connectivity index (χ2n) is 6.11. The van der Waals surface area contributed by atoms with E-state index >= 15 is 0 Å². The van der Waals surface area contributed by atoms with Gasteiger partial charge >= 0.3 is 0 Å². The van der Waals surface area contributed by atoms with Gasteiger partial charge in [-0.2, -0.15) is 0 Å². The fraction of sp³-hybridized carbons (Fsp3) is 0.562. The normalized spacial score (nSPS) is 23.2. The smallest absolute Gasteiger partial charge is 0.149 e. The molecule has 0 radical (unpaired) electrons. The number of rotatable bonds is 3. The number of carbonyl (C=O) groups excluding carboxylic acids is 2. The molecule has 20 heavy (non-hydrogen) atoms. The van der Waals surface area contributed by atoms with Gasteiger partial charge in [0.15, 0.2) is 0 Å². The van der Waals surface area contributed by atoms with Crippen molar-refractivity contribution in [3.05, 3.63) is 24.0 Å². The summed E-state index contributed by atoms with van der Waals surface area (Å²) in [6.07, 6.45) is 2.64. The summed E-state index contributed by atoms with van der Waals surface area (Å²) in [5.41, 5.74) is 1.55. The maximum atomic E-state index is 12.3. The molecule has 108 valence electrons. The monoisotopic (exact) mass is 274 g/mol. The Balaban J connectivity index is 2.27. The van der Waals surface area contributed by atoms with Gasteiger partial charge in [-0.05, 0) is 24.0 Å². The highest BCUT2D eigenvalue weighted by molar-refractivity contribution is 6.09. The first-order valence-corrected chi connectivity index (χ1v) is 7.09. The van der Waals surface area contributed by atoms with Crippen LogP contribution in [0.3, 0.4) is 0 Å². The summed E-state index contributed by atoms with van der Waals surface area (Å²) in [5.74, 6) is -0.0789. The predicted octanol–water partition coefficient (Wildman–Crippen LogP) is 2.44. The van der Waals surface area contributed by atoms with Crippen molar-refractivity contribution in [2.75, 3.05) is 19.0 Å². The summed E-state index contributed by atoms with van der Waals surface area (Å²) in [6, 6.07) is 3.72. The third-order valence-corrected chi connectivity index (χ3v) is 4.09. The molecule has 0 amide bonds. The molecule has 1 aromatic heterocycles. The molecule has 0 N–H and O–H groups in total. The number of Topliss-reactive ketones (excluding diaryl/α,β-unsaturated/α-hetero) is 2. The Morgan fingerprint density at radius 3 is 2.30 bits per heavy atom. The Kier molecular flexibility index (Phi) is 4.21. The molecule has 1 fully saturated rings. The molecule has 1 heterocycles. The minimum absolute atomic E-state index is 0.0170. The Labute approximate surface area is 120 Å². The zero-order chi connectivity index (χ0) is 14.9. The topological polar surface area (TPSA) is 50.3 Å². The van der Waals surface area contributed by atoms with Crippen LogP contribution in [0.2, 0.25) is 0 Å². The van der Waals surface area contributed by atoms with Crippen molar-refractivity contribution >= 4 is 17.3 Å². The van der Waals surface area contributed by atoms with Crippen LogP contribution in [0, 0.1) is 11.8 Å². The van der Waals surface area contributed by atoms with Crippen molar-refractivity contribution in [3.8, 4) is 0 Å². The lowest BCUT2D eigenvalue weighted by atomic mass is 9.74. The van der Waals surface area contributed by atoms with E-state index in [-0.39, 0.29) is 17.5 Å². The van der Waals surface area contributed by atoms with Gasteiger partial charge in [-0.3, -0.25) is 14.6 Å². The molecular formula is C16H22N2O2. The van der Waals surface area contributed by atoms with Crippen LogP contribution >= 0.6 is 0 Å². The van der Waals surface area contributed by atoms with Crippen molar-refractivity contribution in [2.24, 2.45) is 11.8 Å². The van der Waals surface area contributed by atoms with Gasteiger partial charge in [0.1, 0.15) is 17.5 Å². The summed E-state index contributed by atoms with van der Waals surface area (Å²) in [7, 11) is 3.86. The average Bonchev–Trinajstić information content (AvgIpc) is 2.38. The third kappa shape index (κ3) is 2.89. The molecule has 0 atom stereocenters. The fourth-order valence-electron chi connectivity index (χ4n) is 2.68. The van der Waals surface area contributed by atoms with E-state index in [2.05, 4.69) is 18.8 Å². The van der Waals surface area contributed by atoms with E-state index < -0.39 is 5.92 Å². The number of carbonyl (C=O) groups is 2. The van der Waals surface area contributed by atoms with Gasteiger partial charge in [0.2, 0.25) is 0 Å². The molecule has 4 heteroatoms. The molecule has 0 saturated heterocycles. The van der Waals surface area contributed by atoms with Crippen molar-refractivity contribution < 1.29 is 9.59 Å². The SMILES string of the molecule is CC(C)C1CC(=O)C(c2cc(N(C)C)ccn2)C(=O)C1. The summed E-state index contributed by atoms with van der Waals surface area (Å²) in [4.78, 5) is 30.8. The predicted molar refractivity (Wildman–Crippen MR) is 78.9 cm³/mol. The summed E-state index contributed by atoms with van der Waals surface area (Å²) >= 11 is 0. The molecular weight excluding hydrogens is 252 g/mol. The minimum Gasteiger partial charge on any atom is -0.378 e. The molecule has 1 aromatic rings.